The van der Waals surface area contributed by atoms with E-state index in [-0.39, 0.29) is 30.9 Å². The highest BCUT2D eigenvalue weighted by molar-refractivity contribution is 5.98. The first kappa shape index (κ1) is 27.2. The topological polar surface area (TPSA) is 46.6 Å². The average molecular weight is 544 g/mol. The largest absolute Gasteiger partial charge is 0.489 e. The number of hydrogen-bond donors (Lipinski definition) is 0. The van der Waals surface area contributed by atoms with E-state index in [9.17, 15) is 22.8 Å². The second-order valence-electron chi connectivity index (χ2n) is 9.93. The number of hydrogen-bond acceptors (Lipinski definition) is 3. The van der Waals surface area contributed by atoms with Crippen molar-refractivity contribution in [3.05, 3.63) is 125 Å². The van der Waals surface area contributed by atoms with E-state index in [1.54, 1.807) is 18.2 Å². The van der Waals surface area contributed by atoms with Crippen molar-refractivity contribution in [3.63, 3.8) is 0 Å². The molecule has 0 radical (unpaired) electrons. The van der Waals surface area contributed by atoms with Crippen molar-refractivity contribution in [2.75, 3.05) is 0 Å². The molecule has 5 rings (SSSR count). The minimum Gasteiger partial charge on any atom is -0.489 e. The van der Waals surface area contributed by atoms with Gasteiger partial charge in [0.05, 0.1) is 12.0 Å². The summed E-state index contributed by atoms with van der Waals surface area (Å²) in [6.45, 7) is 0.286. The van der Waals surface area contributed by atoms with Crippen molar-refractivity contribution < 1.29 is 27.5 Å². The number of carbonyl (C=O) groups is 2. The Morgan fingerprint density at radius 2 is 1.45 bits per heavy atom. The lowest BCUT2D eigenvalue weighted by molar-refractivity contribution is -0.143. The number of likely N-dealkylation sites (tertiary alicyclic amines) is 1. The maximum atomic E-state index is 13.5. The van der Waals surface area contributed by atoms with Gasteiger partial charge < -0.3 is 4.74 Å². The predicted octanol–water partition coefficient (Wildman–Crippen LogP) is 7.25. The summed E-state index contributed by atoms with van der Waals surface area (Å²) < 4.78 is 45.4. The molecular formula is C33H28F3NO3. The molecule has 2 amide bonds. The monoisotopic (exact) mass is 543 g/mol. The fourth-order valence-electron chi connectivity index (χ4n) is 5.03. The zero-order chi connectivity index (χ0) is 28.1. The number of benzene rings is 4. The molecule has 0 spiro atoms. The number of carbonyl (C=O) groups excluding carboxylic acids is 2. The second kappa shape index (κ2) is 11.8. The van der Waals surface area contributed by atoms with E-state index in [1.807, 2.05) is 60.7 Å². The molecule has 0 aliphatic carbocycles. The molecule has 0 saturated carbocycles. The molecule has 4 aromatic rings. The standard InChI is InChI=1S/C33H28F3NO3/c34-33(35,36)28-13-11-26(12-14-28)27-17-25(19-30(21-27)40-22-24-9-5-2-6-10-24)20-32(39)37-29(15-16-31(37)38)18-23-7-3-1-4-8-23/h1-14,17,19,21,29H,15-16,18,20,22H2/t29-/m0/s1. The Kier molecular flexibility index (Phi) is 8.01. The van der Waals surface area contributed by atoms with E-state index in [1.165, 1.54) is 17.0 Å². The van der Waals surface area contributed by atoms with Crippen LogP contribution in [0.3, 0.4) is 0 Å². The summed E-state index contributed by atoms with van der Waals surface area (Å²) in [7, 11) is 0. The van der Waals surface area contributed by atoms with E-state index >= 15 is 0 Å². The molecule has 1 aliphatic rings. The number of ether oxygens (including phenoxy) is 1. The van der Waals surface area contributed by atoms with Crippen LogP contribution in [0.1, 0.15) is 35.1 Å². The van der Waals surface area contributed by atoms with Crippen LogP contribution in [0.5, 0.6) is 5.75 Å². The molecule has 7 heteroatoms. The third-order valence-electron chi connectivity index (χ3n) is 7.02. The number of rotatable bonds is 8. The van der Waals surface area contributed by atoms with Crippen molar-refractivity contribution in [3.8, 4) is 16.9 Å². The molecule has 0 bridgehead atoms. The molecule has 0 aromatic heterocycles. The van der Waals surface area contributed by atoms with Crippen LogP contribution in [0.25, 0.3) is 11.1 Å². The normalized spacial score (nSPS) is 15.3. The first-order valence-electron chi connectivity index (χ1n) is 13.1. The third-order valence-corrected chi connectivity index (χ3v) is 7.02. The molecule has 0 N–H and O–H groups in total. The summed E-state index contributed by atoms with van der Waals surface area (Å²) in [4.78, 5) is 27.6. The van der Waals surface area contributed by atoms with Crippen LogP contribution >= 0.6 is 0 Å². The quantitative estimate of drug-likeness (QED) is 0.235. The van der Waals surface area contributed by atoms with Gasteiger partial charge >= 0.3 is 6.18 Å². The summed E-state index contributed by atoms with van der Waals surface area (Å²) in [5, 5.41) is 0. The molecule has 1 atom stereocenters. The lowest BCUT2D eigenvalue weighted by Crippen LogP contribution is -2.40. The van der Waals surface area contributed by atoms with Gasteiger partial charge in [0.15, 0.2) is 0 Å². The highest BCUT2D eigenvalue weighted by Crippen LogP contribution is 2.33. The molecule has 40 heavy (non-hydrogen) atoms. The van der Waals surface area contributed by atoms with Crippen molar-refractivity contribution in [2.45, 2.75) is 44.5 Å². The van der Waals surface area contributed by atoms with Gasteiger partial charge in [-0.15, -0.1) is 0 Å². The van der Waals surface area contributed by atoms with Gasteiger partial charge in [-0.2, -0.15) is 13.2 Å². The fourth-order valence-corrected chi connectivity index (χ4v) is 5.03. The summed E-state index contributed by atoms with van der Waals surface area (Å²) >= 11 is 0. The Morgan fingerprint density at radius 3 is 2.10 bits per heavy atom. The van der Waals surface area contributed by atoms with E-state index < -0.39 is 11.7 Å². The highest BCUT2D eigenvalue weighted by Gasteiger charge is 2.35. The number of nitrogens with zero attached hydrogens (tertiary/aromatic N) is 1. The van der Waals surface area contributed by atoms with Gasteiger partial charge in [-0.25, -0.2) is 0 Å². The van der Waals surface area contributed by atoms with Gasteiger partial charge in [-0.3, -0.25) is 14.5 Å². The van der Waals surface area contributed by atoms with Gasteiger partial charge in [-0.05, 0) is 64.9 Å². The van der Waals surface area contributed by atoms with Gasteiger partial charge in [0.2, 0.25) is 11.8 Å². The van der Waals surface area contributed by atoms with E-state index in [4.69, 9.17) is 4.74 Å². The highest BCUT2D eigenvalue weighted by atomic mass is 19.4. The predicted molar refractivity (Wildman–Crippen MR) is 146 cm³/mol. The molecule has 1 saturated heterocycles. The average Bonchev–Trinajstić information content (AvgIpc) is 3.32. The van der Waals surface area contributed by atoms with Crippen molar-refractivity contribution >= 4 is 11.8 Å². The van der Waals surface area contributed by atoms with E-state index in [0.717, 1.165) is 23.3 Å². The molecule has 4 aromatic carbocycles. The summed E-state index contributed by atoms with van der Waals surface area (Å²) in [5.74, 6) is -0.00924. The Bertz CT molecular complexity index is 1470. The van der Waals surface area contributed by atoms with Crippen molar-refractivity contribution in [1.82, 2.24) is 4.90 Å². The fraction of sp³-hybridized carbons (Fsp3) is 0.212. The Labute approximate surface area is 231 Å². The first-order chi connectivity index (χ1) is 19.3. The maximum absolute atomic E-state index is 13.5. The van der Waals surface area contributed by atoms with Crippen molar-refractivity contribution in [1.29, 1.82) is 0 Å². The lowest BCUT2D eigenvalue weighted by atomic mass is 9.99. The number of imide groups is 1. The third kappa shape index (κ3) is 6.60. The van der Waals surface area contributed by atoms with Crippen molar-refractivity contribution in [2.24, 2.45) is 0 Å². The lowest BCUT2D eigenvalue weighted by Gasteiger charge is -2.23. The van der Waals surface area contributed by atoms with E-state index in [2.05, 4.69) is 0 Å². The molecule has 1 aliphatic heterocycles. The summed E-state index contributed by atoms with van der Waals surface area (Å²) in [5.41, 5.74) is 3.07. The van der Waals surface area contributed by atoms with Crippen LogP contribution in [0.4, 0.5) is 13.2 Å². The number of alkyl halides is 3. The Balaban J connectivity index is 1.40. The molecule has 0 unspecified atom stereocenters. The van der Waals surface area contributed by atoms with Gasteiger partial charge in [0.1, 0.15) is 12.4 Å². The summed E-state index contributed by atoms with van der Waals surface area (Å²) in [6, 6.07) is 29.3. The van der Waals surface area contributed by atoms with Crippen LogP contribution in [-0.4, -0.2) is 22.8 Å². The van der Waals surface area contributed by atoms with E-state index in [0.29, 0.717) is 41.7 Å². The molecule has 4 nitrogen and oxygen atoms in total. The number of halogens is 3. The first-order valence-corrected chi connectivity index (χ1v) is 13.1. The van der Waals surface area contributed by atoms with Gasteiger partial charge in [-0.1, -0.05) is 78.9 Å². The Morgan fingerprint density at radius 1 is 0.800 bits per heavy atom. The molecule has 1 heterocycles. The smallest absolute Gasteiger partial charge is 0.416 e. The summed E-state index contributed by atoms with van der Waals surface area (Å²) in [6.07, 6.45) is -2.95. The minimum atomic E-state index is -4.44. The molecule has 1 fully saturated rings. The molecule has 204 valence electrons. The zero-order valence-corrected chi connectivity index (χ0v) is 21.7. The van der Waals surface area contributed by atoms with Gasteiger partial charge in [0.25, 0.3) is 0 Å². The van der Waals surface area contributed by atoms with Crippen LogP contribution in [0.15, 0.2) is 103 Å². The second-order valence-corrected chi connectivity index (χ2v) is 9.93. The minimum absolute atomic E-state index is 0.0345. The van der Waals surface area contributed by atoms with Gasteiger partial charge in [0, 0.05) is 12.5 Å². The molecular weight excluding hydrogens is 515 g/mol. The zero-order valence-electron chi connectivity index (χ0n) is 21.7. The van der Waals surface area contributed by atoms with Crippen LogP contribution < -0.4 is 4.74 Å². The van der Waals surface area contributed by atoms with Crippen LogP contribution in [0, 0.1) is 0 Å². The maximum Gasteiger partial charge on any atom is 0.416 e. The van der Waals surface area contributed by atoms with Crippen LogP contribution in [0.2, 0.25) is 0 Å². The van der Waals surface area contributed by atoms with Crippen LogP contribution in [-0.2, 0) is 35.2 Å². The Hall–Kier alpha value is -4.39. The SMILES string of the molecule is O=C1CC[C@@H](Cc2ccccc2)N1C(=O)Cc1cc(OCc2ccccc2)cc(-c2ccc(C(F)(F)F)cc2)c1. The number of amides is 2.